The van der Waals surface area contributed by atoms with Crippen LogP contribution in [0.25, 0.3) is 0 Å². The molecule has 3 N–H and O–H groups in total. The average molecular weight is 392 g/mol. The normalized spacial score (nSPS) is 18.2. The summed E-state index contributed by atoms with van der Waals surface area (Å²) < 4.78 is 0. The number of rotatable bonds is 7. The predicted molar refractivity (Wildman–Crippen MR) is 114 cm³/mol. The van der Waals surface area contributed by atoms with Gasteiger partial charge in [0.15, 0.2) is 5.54 Å². The highest BCUT2D eigenvalue weighted by molar-refractivity contribution is 6.35. The molecule has 0 bridgehead atoms. The highest BCUT2D eigenvalue weighted by Crippen LogP contribution is 2.40. The first-order chi connectivity index (χ1) is 13.8. The summed E-state index contributed by atoms with van der Waals surface area (Å²) in [7, 11) is 0. The van der Waals surface area contributed by atoms with E-state index in [-0.39, 0.29) is 29.1 Å². The Balaban J connectivity index is 2.08. The summed E-state index contributed by atoms with van der Waals surface area (Å²) in [5.74, 6) is -0.881. The minimum atomic E-state index is -1.75. The highest BCUT2D eigenvalue weighted by Gasteiger charge is 2.56. The lowest BCUT2D eigenvalue weighted by Gasteiger charge is -2.28. The van der Waals surface area contributed by atoms with E-state index in [1.54, 1.807) is 30.3 Å². The van der Waals surface area contributed by atoms with E-state index in [9.17, 15) is 14.4 Å². The van der Waals surface area contributed by atoms with Gasteiger partial charge in [0.1, 0.15) is 0 Å². The SMILES string of the molecule is CCCCCC(=O)NC1(c2ccc(C(C)C)cc2)C(=O)c2cccc(N)c2C1=O. The van der Waals surface area contributed by atoms with Crippen LogP contribution in [-0.4, -0.2) is 17.5 Å². The average Bonchev–Trinajstić information content (AvgIpc) is 2.92. The number of fused-ring (bicyclic) bond motifs is 1. The van der Waals surface area contributed by atoms with Crippen molar-refractivity contribution in [3.63, 3.8) is 0 Å². The van der Waals surface area contributed by atoms with Gasteiger partial charge in [-0.1, -0.05) is 70.0 Å². The van der Waals surface area contributed by atoms with Crippen LogP contribution >= 0.6 is 0 Å². The summed E-state index contributed by atoms with van der Waals surface area (Å²) in [6, 6.07) is 12.2. The number of hydrogen-bond donors (Lipinski definition) is 2. The Hall–Kier alpha value is -2.95. The minimum absolute atomic E-state index is 0.194. The zero-order valence-corrected chi connectivity index (χ0v) is 17.2. The van der Waals surface area contributed by atoms with Crippen molar-refractivity contribution in [3.8, 4) is 0 Å². The monoisotopic (exact) mass is 392 g/mol. The van der Waals surface area contributed by atoms with Gasteiger partial charge >= 0.3 is 0 Å². The van der Waals surface area contributed by atoms with Gasteiger partial charge in [-0.15, -0.1) is 0 Å². The molecule has 1 amide bonds. The van der Waals surface area contributed by atoms with Crippen LogP contribution in [0.2, 0.25) is 0 Å². The third kappa shape index (κ3) is 3.57. The molecule has 5 nitrogen and oxygen atoms in total. The lowest BCUT2D eigenvalue weighted by atomic mass is 9.83. The van der Waals surface area contributed by atoms with E-state index >= 15 is 0 Å². The smallest absolute Gasteiger partial charge is 0.221 e. The Morgan fingerprint density at radius 1 is 1.03 bits per heavy atom. The summed E-state index contributed by atoms with van der Waals surface area (Å²) in [6.45, 7) is 6.20. The van der Waals surface area contributed by atoms with Crippen molar-refractivity contribution in [2.24, 2.45) is 0 Å². The zero-order chi connectivity index (χ0) is 21.2. The molecule has 0 spiro atoms. The van der Waals surface area contributed by atoms with Crippen LogP contribution in [0.4, 0.5) is 5.69 Å². The molecule has 152 valence electrons. The first kappa shape index (κ1) is 20.8. The molecular weight excluding hydrogens is 364 g/mol. The number of nitrogens with one attached hydrogen (secondary N) is 1. The number of benzene rings is 2. The topological polar surface area (TPSA) is 89.3 Å². The first-order valence-corrected chi connectivity index (χ1v) is 10.2. The Morgan fingerprint density at radius 3 is 2.31 bits per heavy atom. The summed E-state index contributed by atoms with van der Waals surface area (Å²) in [5.41, 5.74) is 6.54. The first-order valence-electron chi connectivity index (χ1n) is 10.2. The number of hydrogen-bond acceptors (Lipinski definition) is 4. The van der Waals surface area contributed by atoms with Crippen molar-refractivity contribution in [2.75, 3.05) is 5.73 Å². The molecule has 3 rings (SSSR count). The molecule has 29 heavy (non-hydrogen) atoms. The molecule has 1 unspecified atom stereocenters. The predicted octanol–water partition coefficient (Wildman–Crippen LogP) is 4.36. The van der Waals surface area contributed by atoms with Crippen LogP contribution in [0.5, 0.6) is 0 Å². The third-order valence-corrected chi connectivity index (χ3v) is 5.59. The van der Waals surface area contributed by atoms with Crippen LogP contribution in [-0.2, 0) is 10.3 Å². The number of Topliss-reactive ketones (excluding diaryl/α,β-unsaturated/α-hetero) is 2. The number of anilines is 1. The lowest BCUT2D eigenvalue weighted by molar-refractivity contribution is -0.122. The van der Waals surface area contributed by atoms with Gasteiger partial charge in [0.05, 0.1) is 5.56 Å². The van der Waals surface area contributed by atoms with Crippen LogP contribution in [0.15, 0.2) is 42.5 Å². The maximum absolute atomic E-state index is 13.5. The zero-order valence-electron chi connectivity index (χ0n) is 17.2. The third-order valence-electron chi connectivity index (χ3n) is 5.59. The van der Waals surface area contributed by atoms with E-state index in [0.717, 1.165) is 18.4 Å². The number of carbonyl (C=O) groups excluding carboxylic acids is 3. The highest BCUT2D eigenvalue weighted by atomic mass is 16.2. The molecule has 2 aromatic rings. The van der Waals surface area contributed by atoms with Gasteiger partial charge in [-0.3, -0.25) is 14.4 Å². The van der Waals surface area contributed by atoms with Crippen molar-refractivity contribution >= 4 is 23.2 Å². The van der Waals surface area contributed by atoms with Crippen molar-refractivity contribution in [1.29, 1.82) is 0 Å². The van der Waals surface area contributed by atoms with Crippen LogP contribution in [0, 0.1) is 0 Å². The van der Waals surface area contributed by atoms with E-state index in [2.05, 4.69) is 26.1 Å². The van der Waals surface area contributed by atoms with Crippen molar-refractivity contribution in [1.82, 2.24) is 5.32 Å². The Labute approximate surface area is 171 Å². The molecule has 0 radical (unpaired) electrons. The van der Waals surface area contributed by atoms with Gasteiger partial charge in [-0.25, -0.2) is 0 Å². The molecule has 2 aromatic carbocycles. The second-order valence-corrected chi connectivity index (χ2v) is 7.96. The number of ketones is 2. The second kappa shape index (κ2) is 8.19. The molecule has 1 aliphatic carbocycles. The van der Waals surface area contributed by atoms with E-state index in [0.29, 0.717) is 17.9 Å². The van der Waals surface area contributed by atoms with Gasteiger partial charge in [0.2, 0.25) is 17.5 Å². The van der Waals surface area contributed by atoms with E-state index in [1.165, 1.54) is 0 Å². The van der Waals surface area contributed by atoms with Crippen molar-refractivity contribution in [2.45, 2.75) is 57.9 Å². The second-order valence-electron chi connectivity index (χ2n) is 7.96. The van der Waals surface area contributed by atoms with Gasteiger partial charge in [-0.2, -0.15) is 0 Å². The largest absolute Gasteiger partial charge is 0.398 e. The number of carbonyl (C=O) groups is 3. The molecule has 1 aliphatic rings. The van der Waals surface area contributed by atoms with Crippen molar-refractivity contribution in [3.05, 3.63) is 64.7 Å². The fourth-order valence-corrected chi connectivity index (χ4v) is 3.88. The van der Waals surface area contributed by atoms with Gasteiger partial charge < -0.3 is 11.1 Å². The molecule has 5 heteroatoms. The van der Waals surface area contributed by atoms with Gasteiger partial charge in [0.25, 0.3) is 0 Å². The molecular formula is C24H28N2O3. The van der Waals surface area contributed by atoms with E-state index in [4.69, 9.17) is 5.73 Å². The number of nitrogens with two attached hydrogens (primary N) is 1. The molecule has 0 saturated carbocycles. The maximum atomic E-state index is 13.5. The minimum Gasteiger partial charge on any atom is -0.398 e. The van der Waals surface area contributed by atoms with Crippen molar-refractivity contribution < 1.29 is 14.4 Å². The number of unbranched alkanes of at least 4 members (excludes halogenated alkanes) is 2. The molecule has 1 atom stereocenters. The van der Waals surface area contributed by atoms with Gasteiger partial charge in [0, 0.05) is 17.7 Å². The summed E-state index contributed by atoms with van der Waals surface area (Å²) in [4.78, 5) is 39.7. The maximum Gasteiger partial charge on any atom is 0.221 e. The van der Waals surface area contributed by atoms with E-state index < -0.39 is 17.1 Å². The standard InChI is InChI=1S/C24H28N2O3/c1-4-5-6-10-20(27)26-24(17-13-11-16(12-14-17)15(2)3)22(28)18-8-7-9-19(25)21(18)23(24)29/h7-9,11-15H,4-6,10,25H2,1-3H3,(H,26,27). The molecule has 0 saturated heterocycles. The quantitative estimate of drug-likeness (QED) is 0.416. The van der Waals surface area contributed by atoms with E-state index in [1.807, 2.05) is 12.1 Å². The fourth-order valence-electron chi connectivity index (χ4n) is 3.88. The van der Waals surface area contributed by atoms with Crippen LogP contribution in [0.1, 0.15) is 84.2 Å². The van der Waals surface area contributed by atoms with Crippen LogP contribution in [0.3, 0.4) is 0 Å². The Bertz CT molecular complexity index is 947. The Kier molecular flexibility index (Phi) is 5.87. The molecule has 0 aromatic heterocycles. The lowest BCUT2D eigenvalue weighted by Crippen LogP contribution is -2.54. The number of amides is 1. The summed E-state index contributed by atoms with van der Waals surface area (Å²) >= 11 is 0. The van der Waals surface area contributed by atoms with Gasteiger partial charge in [-0.05, 0) is 29.5 Å². The summed E-state index contributed by atoms with van der Waals surface area (Å²) in [5, 5.41) is 2.80. The Morgan fingerprint density at radius 2 is 1.72 bits per heavy atom. The fraction of sp³-hybridized carbons (Fsp3) is 0.375. The molecule has 0 aliphatic heterocycles. The molecule has 0 fully saturated rings. The molecule has 0 heterocycles. The summed E-state index contributed by atoms with van der Waals surface area (Å²) in [6.07, 6.45) is 2.88. The number of nitrogen functional groups attached to an aromatic ring is 1. The van der Waals surface area contributed by atoms with Crippen LogP contribution < -0.4 is 11.1 Å².